The summed E-state index contributed by atoms with van der Waals surface area (Å²) in [7, 11) is 3.99. The highest BCUT2D eigenvalue weighted by molar-refractivity contribution is 5.84. The second-order valence-electron chi connectivity index (χ2n) is 5.62. The molecule has 1 N–H and O–H groups in total. The molecule has 0 aliphatic rings. The summed E-state index contributed by atoms with van der Waals surface area (Å²) >= 11 is 0. The highest BCUT2D eigenvalue weighted by atomic mass is 16.1. The zero-order chi connectivity index (χ0) is 15.8. The fraction of sp³-hybridized carbons (Fsp3) is 0.333. The molecule has 1 atom stereocenters. The molecule has 0 radical (unpaired) electrons. The molecule has 4 heteroatoms. The van der Waals surface area contributed by atoms with E-state index >= 15 is 0 Å². The second-order valence-corrected chi connectivity index (χ2v) is 5.62. The van der Waals surface area contributed by atoms with Crippen molar-refractivity contribution in [2.45, 2.75) is 12.3 Å². The molecule has 2 rings (SSSR count). The Hall–Kier alpha value is -2.20. The molecule has 0 aliphatic carbocycles. The minimum Gasteiger partial charge on any atom is -0.354 e. The first-order valence-electron chi connectivity index (χ1n) is 7.53. The molecule has 116 valence electrons. The first-order chi connectivity index (χ1) is 10.7. The van der Waals surface area contributed by atoms with Crippen LogP contribution >= 0.6 is 0 Å². The van der Waals surface area contributed by atoms with Crippen molar-refractivity contribution in [3.63, 3.8) is 0 Å². The summed E-state index contributed by atoms with van der Waals surface area (Å²) in [4.78, 5) is 18.8. The van der Waals surface area contributed by atoms with Crippen LogP contribution in [-0.2, 0) is 11.2 Å². The van der Waals surface area contributed by atoms with Crippen LogP contribution in [0.2, 0.25) is 0 Å². The number of carbonyl (C=O) groups excluding carboxylic acids is 1. The van der Waals surface area contributed by atoms with Crippen molar-refractivity contribution in [1.82, 2.24) is 15.2 Å². The van der Waals surface area contributed by atoms with Gasteiger partial charge in [0.1, 0.15) is 0 Å². The summed E-state index contributed by atoms with van der Waals surface area (Å²) in [5.74, 6) is -0.121. The Labute approximate surface area is 132 Å². The molecule has 1 aromatic carbocycles. The average Bonchev–Trinajstić information content (AvgIpc) is 2.54. The Bertz CT molecular complexity index is 569. The normalized spacial score (nSPS) is 12.1. The highest BCUT2D eigenvalue weighted by Gasteiger charge is 2.20. The van der Waals surface area contributed by atoms with Gasteiger partial charge < -0.3 is 10.2 Å². The van der Waals surface area contributed by atoms with E-state index in [0.29, 0.717) is 13.0 Å². The van der Waals surface area contributed by atoms with Gasteiger partial charge in [-0.05, 0) is 37.7 Å². The van der Waals surface area contributed by atoms with Gasteiger partial charge in [-0.1, -0.05) is 36.4 Å². The molecule has 0 spiro atoms. The standard InChI is InChI=1S/C18H23N3O/c1-21(2)12-11-20-18(22)17(16-8-4-3-5-9-16)13-15-7-6-10-19-14-15/h3-10,14,17H,11-13H2,1-2H3,(H,20,22). The zero-order valence-corrected chi connectivity index (χ0v) is 13.2. The van der Waals surface area contributed by atoms with Gasteiger partial charge in [-0.3, -0.25) is 9.78 Å². The fourth-order valence-corrected chi connectivity index (χ4v) is 2.33. The van der Waals surface area contributed by atoms with Gasteiger partial charge in [-0.15, -0.1) is 0 Å². The van der Waals surface area contributed by atoms with Crippen LogP contribution in [0.1, 0.15) is 17.0 Å². The molecule has 4 nitrogen and oxygen atoms in total. The quantitative estimate of drug-likeness (QED) is 0.851. The summed E-state index contributed by atoms with van der Waals surface area (Å²) in [6, 6.07) is 13.8. The van der Waals surface area contributed by atoms with Crippen LogP contribution in [0, 0.1) is 0 Å². The van der Waals surface area contributed by atoms with Crippen molar-refractivity contribution in [3.05, 3.63) is 66.0 Å². The van der Waals surface area contributed by atoms with Crippen LogP contribution in [0.3, 0.4) is 0 Å². The SMILES string of the molecule is CN(C)CCNC(=O)C(Cc1cccnc1)c1ccccc1. The summed E-state index contributed by atoms with van der Waals surface area (Å²) < 4.78 is 0. The largest absolute Gasteiger partial charge is 0.354 e. The van der Waals surface area contributed by atoms with E-state index in [1.807, 2.05) is 62.8 Å². The van der Waals surface area contributed by atoms with Crippen LogP contribution in [0.4, 0.5) is 0 Å². The lowest BCUT2D eigenvalue weighted by molar-refractivity contribution is -0.122. The number of pyridine rings is 1. The van der Waals surface area contributed by atoms with E-state index in [9.17, 15) is 4.79 Å². The van der Waals surface area contributed by atoms with E-state index in [2.05, 4.69) is 15.2 Å². The van der Waals surface area contributed by atoms with Crippen molar-refractivity contribution < 1.29 is 4.79 Å². The molecule has 1 heterocycles. The molecule has 0 saturated carbocycles. The number of aromatic nitrogens is 1. The molecule has 1 unspecified atom stereocenters. The predicted molar refractivity (Wildman–Crippen MR) is 88.7 cm³/mol. The van der Waals surface area contributed by atoms with Crippen molar-refractivity contribution in [2.24, 2.45) is 0 Å². The van der Waals surface area contributed by atoms with E-state index in [-0.39, 0.29) is 11.8 Å². The number of nitrogens with one attached hydrogen (secondary N) is 1. The Morgan fingerprint density at radius 3 is 2.59 bits per heavy atom. The lowest BCUT2D eigenvalue weighted by Crippen LogP contribution is -2.35. The van der Waals surface area contributed by atoms with Crippen LogP contribution in [0.15, 0.2) is 54.9 Å². The van der Waals surface area contributed by atoms with Crippen LogP contribution in [0.25, 0.3) is 0 Å². The number of amides is 1. The number of hydrogen-bond donors (Lipinski definition) is 1. The maximum atomic E-state index is 12.6. The highest BCUT2D eigenvalue weighted by Crippen LogP contribution is 2.20. The van der Waals surface area contributed by atoms with E-state index in [0.717, 1.165) is 17.7 Å². The third-order valence-corrected chi connectivity index (χ3v) is 3.54. The summed E-state index contributed by atoms with van der Waals surface area (Å²) in [6.45, 7) is 1.49. The van der Waals surface area contributed by atoms with Gasteiger partial charge in [0.15, 0.2) is 0 Å². The molecule has 1 amide bonds. The fourth-order valence-electron chi connectivity index (χ4n) is 2.33. The van der Waals surface area contributed by atoms with E-state index in [4.69, 9.17) is 0 Å². The van der Waals surface area contributed by atoms with Gasteiger partial charge in [-0.2, -0.15) is 0 Å². The summed E-state index contributed by atoms with van der Waals surface area (Å²) in [6.07, 6.45) is 4.23. The van der Waals surface area contributed by atoms with Gasteiger partial charge in [0.25, 0.3) is 0 Å². The lowest BCUT2D eigenvalue weighted by atomic mass is 9.92. The maximum absolute atomic E-state index is 12.6. The Balaban J connectivity index is 2.10. The molecule has 2 aromatic rings. The van der Waals surface area contributed by atoms with Gasteiger partial charge in [0.2, 0.25) is 5.91 Å². The first kappa shape index (κ1) is 16.2. The Morgan fingerprint density at radius 1 is 1.18 bits per heavy atom. The van der Waals surface area contributed by atoms with Crippen molar-refractivity contribution in [1.29, 1.82) is 0 Å². The first-order valence-corrected chi connectivity index (χ1v) is 7.53. The van der Waals surface area contributed by atoms with Crippen molar-refractivity contribution >= 4 is 5.91 Å². The molecule has 0 bridgehead atoms. The summed E-state index contributed by atoms with van der Waals surface area (Å²) in [5.41, 5.74) is 2.10. The molecule has 0 fully saturated rings. The lowest BCUT2D eigenvalue weighted by Gasteiger charge is -2.18. The van der Waals surface area contributed by atoms with Crippen LogP contribution in [-0.4, -0.2) is 43.0 Å². The topological polar surface area (TPSA) is 45.2 Å². The minimum absolute atomic E-state index is 0.0666. The molecular formula is C18H23N3O. The monoisotopic (exact) mass is 297 g/mol. The molecule has 1 aromatic heterocycles. The van der Waals surface area contributed by atoms with E-state index in [1.165, 1.54) is 0 Å². The number of nitrogens with zero attached hydrogens (tertiary/aromatic N) is 2. The molecule has 22 heavy (non-hydrogen) atoms. The Morgan fingerprint density at radius 2 is 1.95 bits per heavy atom. The van der Waals surface area contributed by atoms with Crippen molar-refractivity contribution in [3.8, 4) is 0 Å². The number of rotatable bonds is 7. The van der Waals surface area contributed by atoms with Gasteiger partial charge >= 0.3 is 0 Å². The number of hydrogen-bond acceptors (Lipinski definition) is 3. The Kier molecular flexibility index (Phi) is 6.10. The number of carbonyl (C=O) groups is 1. The van der Waals surface area contributed by atoms with Crippen molar-refractivity contribution in [2.75, 3.05) is 27.2 Å². The van der Waals surface area contributed by atoms with Crippen LogP contribution in [0.5, 0.6) is 0 Å². The molecule has 0 saturated heterocycles. The van der Waals surface area contributed by atoms with Gasteiger partial charge in [0.05, 0.1) is 5.92 Å². The molecular weight excluding hydrogens is 274 g/mol. The maximum Gasteiger partial charge on any atom is 0.227 e. The van der Waals surface area contributed by atoms with E-state index in [1.54, 1.807) is 6.20 Å². The molecule has 0 aliphatic heterocycles. The predicted octanol–water partition coefficient (Wildman–Crippen LogP) is 2.09. The second kappa shape index (κ2) is 8.29. The smallest absolute Gasteiger partial charge is 0.227 e. The number of likely N-dealkylation sites (N-methyl/N-ethyl adjacent to an activating group) is 1. The number of benzene rings is 1. The minimum atomic E-state index is -0.187. The van der Waals surface area contributed by atoms with E-state index < -0.39 is 0 Å². The van der Waals surface area contributed by atoms with Crippen LogP contribution < -0.4 is 5.32 Å². The van der Waals surface area contributed by atoms with Gasteiger partial charge in [-0.25, -0.2) is 0 Å². The average molecular weight is 297 g/mol. The van der Waals surface area contributed by atoms with Gasteiger partial charge in [0, 0.05) is 25.5 Å². The third-order valence-electron chi connectivity index (χ3n) is 3.54. The summed E-state index contributed by atoms with van der Waals surface area (Å²) in [5, 5.41) is 3.03. The third kappa shape index (κ3) is 4.97. The zero-order valence-electron chi connectivity index (χ0n) is 13.2.